The highest BCUT2D eigenvalue weighted by molar-refractivity contribution is 6.09. The zero-order chi connectivity index (χ0) is 25.9. The maximum atomic E-state index is 12.5. The molecule has 0 N–H and O–H groups in total. The number of benzene rings is 3. The predicted octanol–water partition coefficient (Wildman–Crippen LogP) is 7.08. The minimum absolute atomic E-state index is 0.0560. The number of carbonyl (C=O) groups excluding carboxylic acids is 2. The maximum Gasteiger partial charge on any atom is 0.181 e. The second-order valence-electron chi connectivity index (χ2n) is 8.26. The lowest BCUT2D eigenvalue weighted by atomic mass is 10.1. The van der Waals surface area contributed by atoms with Gasteiger partial charge in [-0.3, -0.25) is 9.59 Å². The van der Waals surface area contributed by atoms with E-state index in [1.165, 1.54) is 0 Å². The number of ether oxygens (including phenoxy) is 2. The topological polar surface area (TPSA) is 52.6 Å². The smallest absolute Gasteiger partial charge is 0.181 e. The van der Waals surface area contributed by atoms with Crippen LogP contribution in [0.4, 0.5) is 0 Å². The first kappa shape index (κ1) is 26.2. The maximum absolute atomic E-state index is 12.5. The van der Waals surface area contributed by atoms with Crippen LogP contribution in [0.1, 0.15) is 36.1 Å². The van der Waals surface area contributed by atoms with Gasteiger partial charge in [0.05, 0.1) is 14.2 Å². The molecule has 182 valence electrons. The second-order valence-corrected chi connectivity index (χ2v) is 8.26. The molecule has 0 radical (unpaired) electrons. The van der Waals surface area contributed by atoms with E-state index < -0.39 is 0 Å². The minimum Gasteiger partial charge on any atom is -0.497 e. The first-order valence-electron chi connectivity index (χ1n) is 11.6. The Labute approximate surface area is 212 Å². The van der Waals surface area contributed by atoms with Crippen LogP contribution in [0.3, 0.4) is 0 Å². The van der Waals surface area contributed by atoms with Crippen LogP contribution in [-0.2, 0) is 9.59 Å². The highest BCUT2D eigenvalue weighted by Crippen LogP contribution is 2.16. The number of allylic oxidation sites excluding steroid dienone is 4. The summed E-state index contributed by atoms with van der Waals surface area (Å²) in [5.74, 6) is 1.44. The number of methoxy groups -OCH3 is 2. The Morgan fingerprint density at radius 2 is 0.833 bits per heavy atom. The van der Waals surface area contributed by atoms with Gasteiger partial charge in [-0.1, -0.05) is 60.7 Å². The summed E-state index contributed by atoms with van der Waals surface area (Å²) < 4.78 is 10.3. The molecule has 0 unspecified atom stereocenters. The van der Waals surface area contributed by atoms with Crippen molar-refractivity contribution in [3.63, 3.8) is 0 Å². The van der Waals surface area contributed by atoms with Crippen LogP contribution in [0.2, 0.25) is 0 Å². The van der Waals surface area contributed by atoms with Gasteiger partial charge in [0.2, 0.25) is 0 Å². The largest absolute Gasteiger partial charge is 0.497 e. The number of ketones is 2. The summed E-state index contributed by atoms with van der Waals surface area (Å²) in [4.78, 5) is 25.0. The third-order valence-corrected chi connectivity index (χ3v) is 5.57. The van der Waals surface area contributed by atoms with Crippen LogP contribution >= 0.6 is 0 Å². The standard InChI is InChI=1S/C32H30O4/c1-23(21-27-9-15-29(35-3)16-10-27)31(33)19-13-25-5-7-26(8-6-25)14-20-32(34)24(2)22-28-11-17-30(36-4)18-12-28/h5-22H,1-4H3/b19-13+,20-14+,23-21+,24-22+. The van der Waals surface area contributed by atoms with Crippen molar-refractivity contribution in [3.05, 3.63) is 118 Å². The fourth-order valence-electron chi connectivity index (χ4n) is 3.37. The normalized spacial score (nSPS) is 12.2. The van der Waals surface area contributed by atoms with Crippen molar-refractivity contribution in [1.82, 2.24) is 0 Å². The molecule has 4 heteroatoms. The third kappa shape index (κ3) is 7.81. The zero-order valence-electron chi connectivity index (χ0n) is 21.0. The van der Waals surface area contributed by atoms with Crippen LogP contribution in [0.15, 0.2) is 96.1 Å². The van der Waals surface area contributed by atoms with Gasteiger partial charge < -0.3 is 9.47 Å². The number of carbonyl (C=O) groups is 2. The molecule has 0 saturated heterocycles. The van der Waals surface area contributed by atoms with Crippen molar-refractivity contribution >= 4 is 35.9 Å². The Hall–Kier alpha value is -4.44. The van der Waals surface area contributed by atoms with E-state index in [0.717, 1.165) is 33.8 Å². The summed E-state index contributed by atoms with van der Waals surface area (Å²) in [5, 5.41) is 0. The van der Waals surface area contributed by atoms with Gasteiger partial charge in [-0.2, -0.15) is 0 Å². The van der Waals surface area contributed by atoms with Crippen LogP contribution in [0.25, 0.3) is 24.3 Å². The van der Waals surface area contributed by atoms with Crippen molar-refractivity contribution in [2.45, 2.75) is 13.8 Å². The molecule has 0 heterocycles. The molecule has 0 aromatic heterocycles. The summed E-state index contributed by atoms with van der Waals surface area (Å²) >= 11 is 0. The predicted molar refractivity (Wildman–Crippen MR) is 148 cm³/mol. The van der Waals surface area contributed by atoms with Gasteiger partial charge in [-0.15, -0.1) is 0 Å². The molecule has 0 atom stereocenters. The summed E-state index contributed by atoms with van der Waals surface area (Å²) in [6, 6.07) is 22.7. The summed E-state index contributed by atoms with van der Waals surface area (Å²) in [6.07, 6.45) is 10.4. The number of hydrogen-bond donors (Lipinski definition) is 0. The molecule has 0 aliphatic heterocycles. The molecule has 0 aliphatic rings. The lowest BCUT2D eigenvalue weighted by molar-refractivity contribution is -0.111. The fraction of sp³-hybridized carbons (Fsp3) is 0.125. The molecule has 0 saturated carbocycles. The van der Waals surface area contributed by atoms with Gasteiger partial charge in [0.25, 0.3) is 0 Å². The lowest BCUT2D eigenvalue weighted by Gasteiger charge is -2.01. The fourth-order valence-corrected chi connectivity index (χ4v) is 3.37. The quantitative estimate of drug-likeness (QED) is 0.292. The van der Waals surface area contributed by atoms with Crippen molar-refractivity contribution < 1.29 is 19.1 Å². The zero-order valence-corrected chi connectivity index (χ0v) is 21.0. The van der Waals surface area contributed by atoms with Gasteiger partial charge in [0, 0.05) is 0 Å². The third-order valence-electron chi connectivity index (χ3n) is 5.57. The van der Waals surface area contributed by atoms with Crippen molar-refractivity contribution in [2.75, 3.05) is 14.2 Å². The average molecular weight is 479 g/mol. The Bertz CT molecular complexity index is 1200. The van der Waals surface area contributed by atoms with Gasteiger partial charge in [-0.05, 0) is 95.8 Å². The molecule has 0 fully saturated rings. The van der Waals surface area contributed by atoms with Gasteiger partial charge in [0.1, 0.15) is 11.5 Å². The molecule has 0 amide bonds. The first-order chi connectivity index (χ1) is 17.4. The first-order valence-corrected chi connectivity index (χ1v) is 11.6. The molecule has 3 rings (SSSR count). The molecule has 3 aromatic carbocycles. The summed E-state index contributed by atoms with van der Waals surface area (Å²) in [7, 11) is 3.24. The number of hydrogen-bond acceptors (Lipinski definition) is 4. The molecule has 0 bridgehead atoms. The van der Waals surface area contributed by atoms with Gasteiger partial charge in [-0.25, -0.2) is 0 Å². The monoisotopic (exact) mass is 478 g/mol. The van der Waals surface area contributed by atoms with Crippen LogP contribution < -0.4 is 9.47 Å². The Kier molecular flexibility index (Phi) is 9.35. The van der Waals surface area contributed by atoms with Crippen LogP contribution in [0, 0.1) is 0 Å². The highest BCUT2D eigenvalue weighted by atomic mass is 16.5. The van der Waals surface area contributed by atoms with E-state index in [1.54, 1.807) is 52.4 Å². The Morgan fingerprint density at radius 1 is 0.528 bits per heavy atom. The van der Waals surface area contributed by atoms with E-state index in [2.05, 4.69) is 0 Å². The molecule has 4 nitrogen and oxygen atoms in total. The van der Waals surface area contributed by atoms with E-state index in [9.17, 15) is 9.59 Å². The molecule has 0 aliphatic carbocycles. The number of rotatable bonds is 10. The molecular weight excluding hydrogens is 448 g/mol. The molecule has 3 aromatic rings. The highest BCUT2D eigenvalue weighted by Gasteiger charge is 2.02. The average Bonchev–Trinajstić information content (AvgIpc) is 2.91. The summed E-state index contributed by atoms with van der Waals surface area (Å²) in [5.41, 5.74) is 4.98. The van der Waals surface area contributed by atoms with Crippen molar-refractivity contribution in [1.29, 1.82) is 0 Å². The molecule has 0 spiro atoms. The van der Waals surface area contributed by atoms with Crippen molar-refractivity contribution in [3.8, 4) is 11.5 Å². The van der Waals surface area contributed by atoms with E-state index >= 15 is 0 Å². The summed E-state index contributed by atoms with van der Waals surface area (Å²) in [6.45, 7) is 3.60. The van der Waals surface area contributed by atoms with Gasteiger partial charge in [0.15, 0.2) is 11.6 Å². The van der Waals surface area contributed by atoms with E-state index in [-0.39, 0.29) is 11.6 Å². The van der Waals surface area contributed by atoms with Gasteiger partial charge >= 0.3 is 0 Å². The minimum atomic E-state index is -0.0560. The SMILES string of the molecule is COc1ccc(/C=C(\C)C(=O)/C=C/c2ccc(/C=C/C(=O)/C(C)=C/c3ccc(OC)cc3)cc2)cc1. The Balaban J connectivity index is 1.58. The van der Waals surface area contributed by atoms with E-state index in [0.29, 0.717) is 11.1 Å². The second kappa shape index (κ2) is 12.9. The molecular formula is C32H30O4. The van der Waals surface area contributed by atoms with Crippen LogP contribution in [0.5, 0.6) is 11.5 Å². The lowest BCUT2D eigenvalue weighted by Crippen LogP contribution is -1.94. The Morgan fingerprint density at radius 3 is 1.14 bits per heavy atom. The van der Waals surface area contributed by atoms with E-state index in [4.69, 9.17) is 9.47 Å². The molecule has 36 heavy (non-hydrogen) atoms. The van der Waals surface area contributed by atoms with E-state index in [1.807, 2.05) is 84.9 Å². The van der Waals surface area contributed by atoms with Crippen LogP contribution in [-0.4, -0.2) is 25.8 Å². The van der Waals surface area contributed by atoms with Crippen molar-refractivity contribution in [2.24, 2.45) is 0 Å².